The first-order chi connectivity index (χ1) is 22.3. The molecule has 2 aromatic carbocycles. The molecule has 1 fully saturated rings. The number of fused-ring (bicyclic) bond motifs is 4. The number of anilines is 1. The van der Waals surface area contributed by atoms with Crippen molar-refractivity contribution >= 4 is 39.0 Å². The number of rotatable bonds is 3. The van der Waals surface area contributed by atoms with Crippen LogP contribution in [0.2, 0.25) is 5.02 Å². The SMILES string of the molecule is CO[C@@H]1/C=C/COC(C)(C)C(=O)N=[S@](=O)(NC(=O)C(C)C)c2ccc3c(c2)N(C[C@@H]2CC[C@H]21)C[C@@]1(CCCc2cc(Cl)ccc21)CO3. The summed E-state index contributed by atoms with van der Waals surface area (Å²) in [6, 6.07) is 11.4. The molecule has 2 heterocycles. The molecule has 6 rings (SSSR count). The van der Waals surface area contributed by atoms with Crippen molar-refractivity contribution in [3.63, 3.8) is 0 Å². The van der Waals surface area contributed by atoms with E-state index in [0.29, 0.717) is 30.7 Å². The van der Waals surface area contributed by atoms with Crippen LogP contribution >= 0.6 is 11.6 Å². The molecule has 1 spiro atoms. The zero-order chi connectivity index (χ0) is 33.6. The Morgan fingerprint density at radius 3 is 2.72 bits per heavy atom. The Labute approximate surface area is 283 Å². The van der Waals surface area contributed by atoms with Gasteiger partial charge in [0.1, 0.15) is 11.4 Å². The van der Waals surface area contributed by atoms with Gasteiger partial charge >= 0.3 is 0 Å². The third-order valence-electron chi connectivity index (χ3n) is 10.3. The average Bonchev–Trinajstić information content (AvgIpc) is 3.16. The van der Waals surface area contributed by atoms with Gasteiger partial charge < -0.3 is 19.1 Å². The minimum atomic E-state index is -3.74. The molecule has 2 aliphatic carbocycles. The molecule has 0 radical (unpaired) electrons. The van der Waals surface area contributed by atoms with Crippen LogP contribution in [0.4, 0.5) is 5.69 Å². The summed E-state index contributed by atoms with van der Waals surface area (Å²) in [7, 11) is -2.01. The van der Waals surface area contributed by atoms with Crippen LogP contribution in [0.25, 0.3) is 0 Å². The van der Waals surface area contributed by atoms with E-state index in [1.165, 1.54) is 11.1 Å². The fourth-order valence-electron chi connectivity index (χ4n) is 7.32. The van der Waals surface area contributed by atoms with Crippen molar-refractivity contribution in [3.05, 3.63) is 64.7 Å². The van der Waals surface area contributed by atoms with Crippen LogP contribution < -0.4 is 14.4 Å². The Bertz CT molecular complexity index is 1700. The van der Waals surface area contributed by atoms with Gasteiger partial charge in [-0.15, -0.1) is 4.36 Å². The molecule has 1 saturated carbocycles. The van der Waals surface area contributed by atoms with Crippen LogP contribution in [0, 0.1) is 17.8 Å². The van der Waals surface area contributed by atoms with E-state index in [4.69, 9.17) is 25.8 Å². The fraction of sp³-hybridized carbons (Fsp3) is 0.556. The zero-order valence-corrected chi connectivity index (χ0v) is 29.5. The molecule has 2 aromatic rings. The standard InChI is InChI=1S/C36H46ClN3O6S/c1-23(2)33(41)38-47(43)27-12-15-32-30(19-27)40(21-36(22-45-32)16-6-8-24-18-26(37)11-14-29(24)36)20-25-10-13-28(25)31(44-5)9-7-17-46-35(3,4)34(42)39-47/h7,9,11-12,14-15,18-19,23,25,28,31H,6,8,10,13,16-17,20-22H2,1-5H3,(H,38,39,41,42,43)/b9-7+/t25-,28+,31+,36-,47+/m0/s1. The number of aryl methyl sites for hydroxylation is 1. The Kier molecular flexibility index (Phi) is 9.52. The average molecular weight is 684 g/mol. The van der Waals surface area contributed by atoms with Crippen molar-refractivity contribution in [3.8, 4) is 5.75 Å². The van der Waals surface area contributed by atoms with Gasteiger partial charge in [0, 0.05) is 36.6 Å². The lowest BCUT2D eigenvalue weighted by Gasteiger charge is -2.46. The van der Waals surface area contributed by atoms with E-state index in [9.17, 15) is 13.8 Å². The molecule has 4 aliphatic rings. The van der Waals surface area contributed by atoms with Crippen LogP contribution in [0.3, 0.4) is 0 Å². The van der Waals surface area contributed by atoms with Crippen molar-refractivity contribution in [2.75, 3.05) is 38.3 Å². The molecular formula is C36H46ClN3O6S. The van der Waals surface area contributed by atoms with Crippen LogP contribution in [-0.4, -0.2) is 61.1 Å². The molecule has 254 valence electrons. The van der Waals surface area contributed by atoms with Crippen molar-refractivity contribution in [1.29, 1.82) is 0 Å². The lowest BCUT2D eigenvalue weighted by molar-refractivity contribution is -0.137. The van der Waals surface area contributed by atoms with E-state index >= 15 is 0 Å². The van der Waals surface area contributed by atoms with E-state index in [1.807, 2.05) is 18.2 Å². The van der Waals surface area contributed by atoms with Gasteiger partial charge in [0.25, 0.3) is 5.91 Å². The summed E-state index contributed by atoms with van der Waals surface area (Å²) in [5, 5.41) is 0.731. The van der Waals surface area contributed by atoms with Gasteiger partial charge in [-0.1, -0.05) is 43.7 Å². The van der Waals surface area contributed by atoms with Crippen LogP contribution in [0.5, 0.6) is 5.75 Å². The molecule has 0 unspecified atom stereocenters. The summed E-state index contributed by atoms with van der Waals surface area (Å²) in [4.78, 5) is 29.2. The Hall–Kier alpha value is -2.92. The first-order valence-corrected chi connectivity index (χ1v) is 18.5. The molecule has 5 atom stereocenters. The molecular weight excluding hydrogens is 638 g/mol. The summed E-state index contributed by atoms with van der Waals surface area (Å²) in [6.45, 7) is 8.66. The number of carbonyl (C=O) groups excluding carboxylic acids is 2. The highest BCUT2D eigenvalue weighted by Gasteiger charge is 2.44. The van der Waals surface area contributed by atoms with Gasteiger partial charge in [0.05, 0.1) is 29.9 Å². The molecule has 0 aromatic heterocycles. The Morgan fingerprint density at radius 1 is 1.19 bits per heavy atom. The third-order valence-corrected chi connectivity index (χ3v) is 12.3. The molecule has 47 heavy (non-hydrogen) atoms. The lowest BCUT2D eigenvalue weighted by Crippen LogP contribution is -2.49. The first kappa shape index (κ1) is 34.0. The maximum absolute atomic E-state index is 14.8. The van der Waals surface area contributed by atoms with Crippen LogP contribution in [-0.2, 0) is 40.8 Å². The maximum Gasteiger partial charge on any atom is 0.287 e. The van der Waals surface area contributed by atoms with Crippen LogP contribution in [0.1, 0.15) is 64.5 Å². The highest BCUT2D eigenvalue weighted by molar-refractivity contribution is 7.92. The molecule has 2 aliphatic heterocycles. The number of carbonyl (C=O) groups is 2. The van der Waals surface area contributed by atoms with Crippen molar-refractivity contribution in [2.24, 2.45) is 22.1 Å². The summed E-state index contributed by atoms with van der Waals surface area (Å²) in [6.07, 6.45) is 8.83. The highest BCUT2D eigenvalue weighted by Crippen LogP contribution is 2.47. The van der Waals surface area contributed by atoms with Gasteiger partial charge in [-0.25, -0.2) is 4.21 Å². The number of halogens is 1. The molecule has 2 bridgehead atoms. The van der Waals surface area contributed by atoms with E-state index in [-0.39, 0.29) is 23.0 Å². The Balaban J connectivity index is 1.51. The predicted molar refractivity (Wildman–Crippen MR) is 183 cm³/mol. The molecule has 11 heteroatoms. The summed E-state index contributed by atoms with van der Waals surface area (Å²) in [5.74, 6) is -0.366. The van der Waals surface area contributed by atoms with Crippen molar-refractivity contribution in [2.45, 2.75) is 81.8 Å². The number of hydrogen-bond acceptors (Lipinski definition) is 7. The smallest absolute Gasteiger partial charge is 0.287 e. The lowest BCUT2D eigenvalue weighted by atomic mass is 9.68. The zero-order valence-electron chi connectivity index (χ0n) is 27.9. The van der Waals surface area contributed by atoms with Crippen molar-refractivity contribution < 1.29 is 28.0 Å². The summed E-state index contributed by atoms with van der Waals surface area (Å²) in [5.41, 5.74) is 1.60. The van der Waals surface area contributed by atoms with Gasteiger partial charge in [-0.05, 0) is 99.2 Å². The predicted octanol–water partition coefficient (Wildman–Crippen LogP) is 6.26. The molecule has 1 N–H and O–H groups in total. The third kappa shape index (κ3) is 6.71. The number of methoxy groups -OCH3 is 1. The molecule has 9 nitrogen and oxygen atoms in total. The van der Waals surface area contributed by atoms with Gasteiger partial charge in [-0.2, -0.15) is 0 Å². The topological polar surface area (TPSA) is 107 Å². The van der Waals surface area contributed by atoms with Gasteiger partial charge in [-0.3, -0.25) is 14.3 Å². The normalized spacial score (nSPS) is 31.0. The number of amides is 2. The largest absolute Gasteiger partial charge is 0.490 e. The number of hydrogen-bond donors (Lipinski definition) is 1. The second kappa shape index (κ2) is 13.2. The monoisotopic (exact) mass is 683 g/mol. The number of benzene rings is 2. The first-order valence-electron chi connectivity index (χ1n) is 16.6. The number of nitrogens with one attached hydrogen (secondary N) is 1. The molecule has 2 amide bonds. The molecule has 0 saturated heterocycles. The minimum Gasteiger partial charge on any atom is -0.490 e. The van der Waals surface area contributed by atoms with E-state index in [1.54, 1.807) is 53.0 Å². The summed E-state index contributed by atoms with van der Waals surface area (Å²) < 4.78 is 40.1. The number of nitrogens with zero attached hydrogens (tertiary/aromatic N) is 2. The minimum absolute atomic E-state index is 0.0979. The second-order valence-electron chi connectivity index (χ2n) is 14.2. The summed E-state index contributed by atoms with van der Waals surface area (Å²) >= 11 is 6.45. The fourth-order valence-corrected chi connectivity index (χ4v) is 9.27. The van der Waals surface area contributed by atoms with E-state index in [0.717, 1.165) is 49.4 Å². The maximum atomic E-state index is 14.8. The van der Waals surface area contributed by atoms with Gasteiger partial charge in [0.15, 0.2) is 9.92 Å². The van der Waals surface area contributed by atoms with Crippen LogP contribution in [0.15, 0.2) is 57.8 Å². The van der Waals surface area contributed by atoms with E-state index in [2.05, 4.69) is 26.1 Å². The Morgan fingerprint density at radius 2 is 2.00 bits per heavy atom. The quantitative estimate of drug-likeness (QED) is 0.381. The van der Waals surface area contributed by atoms with E-state index < -0.39 is 33.2 Å². The number of ether oxygens (including phenoxy) is 3. The van der Waals surface area contributed by atoms with Gasteiger partial charge in [0.2, 0.25) is 5.91 Å². The second-order valence-corrected chi connectivity index (χ2v) is 16.6. The highest BCUT2D eigenvalue weighted by atomic mass is 35.5. The van der Waals surface area contributed by atoms with Crippen molar-refractivity contribution in [1.82, 2.24) is 4.72 Å².